The molecule has 0 unspecified atom stereocenters. The summed E-state index contributed by atoms with van der Waals surface area (Å²) in [6, 6.07) is 4.52. The van der Waals surface area contributed by atoms with Crippen LogP contribution in [0, 0.1) is 0 Å². The second-order valence-corrected chi connectivity index (χ2v) is 3.99. The van der Waals surface area contributed by atoms with E-state index in [2.05, 4.69) is 0 Å². The molecule has 0 atom stereocenters. The highest BCUT2D eigenvalue weighted by Gasteiger charge is 2.27. The molecule has 1 aromatic carbocycles. The van der Waals surface area contributed by atoms with Gasteiger partial charge in [0.2, 0.25) is 0 Å². The van der Waals surface area contributed by atoms with E-state index in [1.165, 1.54) is 17.0 Å². The highest BCUT2D eigenvalue weighted by Crippen LogP contribution is 2.23. The van der Waals surface area contributed by atoms with Crippen molar-refractivity contribution in [1.29, 1.82) is 0 Å². The summed E-state index contributed by atoms with van der Waals surface area (Å²) in [5.74, 6) is 0.0399. The van der Waals surface area contributed by atoms with Crippen molar-refractivity contribution in [3.63, 3.8) is 0 Å². The summed E-state index contributed by atoms with van der Waals surface area (Å²) in [4.78, 5) is 1.49. The maximum Gasteiger partial charge on any atom is 0.390 e. The van der Waals surface area contributed by atoms with Crippen LogP contribution in [0.1, 0.15) is 12.0 Å². The summed E-state index contributed by atoms with van der Waals surface area (Å²) in [5.41, 5.74) is 6.53. The first-order chi connectivity index (χ1) is 7.78. The van der Waals surface area contributed by atoms with Crippen LogP contribution in [0.2, 0.25) is 0 Å². The zero-order valence-corrected chi connectivity index (χ0v) is 9.46. The van der Waals surface area contributed by atoms with E-state index < -0.39 is 12.6 Å². The lowest BCUT2D eigenvalue weighted by atomic mass is 10.1. The number of phenolic OH excluding ortho intramolecular Hbond substituents is 1. The quantitative estimate of drug-likeness (QED) is 0.635. The molecule has 0 aliphatic heterocycles. The molecule has 0 bridgehead atoms. The lowest BCUT2D eigenvalue weighted by Gasteiger charge is -2.18. The van der Waals surface area contributed by atoms with Crippen LogP contribution in [0.3, 0.4) is 0 Å². The molecule has 0 fully saturated rings. The summed E-state index contributed by atoms with van der Waals surface area (Å²) in [6.07, 6.45) is -5.03. The van der Waals surface area contributed by atoms with Gasteiger partial charge in [-0.25, -0.2) is 0 Å². The van der Waals surface area contributed by atoms with Gasteiger partial charge in [0.1, 0.15) is 5.75 Å². The van der Waals surface area contributed by atoms with Crippen molar-refractivity contribution >= 4 is 5.69 Å². The number of anilines is 1. The first-order valence-electron chi connectivity index (χ1n) is 5.10. The van der Waals surface area contributed by atoms with E-state index in [9.17, 15) is 18.3 Å². The zero-order valence-electron chi connectivity index (χ0n) is 9.46. The third-order valence-electron chi connectivity index (χ3n) is 2.32. The van der Waals surface area contributed by atoms with Crippen LogP contribution in [0.4, 0.5) is 18.9 Å². The summed E-state index contributed by atoms with van der Waals surface area (Å²) in [6.45, 7) is 0.116. The number of phenols is 1. The minimum absolute atomic E-state index is 0.0399. The minimum atomic E-state index is -4.16. The Labute approximate surface area is 97.6 Å². The largest absolute Gasteiger partial charge is 0.508 e. The number of nitrogens with two attached hydrogens (primary N) is 1. The number of aromatic hydroxyl groups is 1. The fourth-order valence-corrected chi connectivity index (χ4v) is 1.42. The standard InChI is InChI=1S/C11H15F3N2O/c1-16(5-4-11(12,13)14)7-8-6-9(15)2-3-10(8)17/h2-3,6,17H,4-5,7,15H2,1H3. The third kappa shape index (κ3) is 4.95. The van der Waals surface area contributed by atoms with Gasteiger partial charge >= 0.3 is 6.18 Å². The average Bonchev–Trinajstić information content (AvgIpc) is 2.20. The molecule has 0 saturated heterocycles. The van der Waals surface area contributed by atoms with E-state index in [4.69, 9.17) is 5.73 Å². The molecule has 96 valence electrons. The van der Waals surface area contributed by atoms with Crippen LogP contribution < -0.4 is 5.73 Å². The van der Waals surface area contributed by atoms with Crippen LogP contribution in [-0.2, 0) is 6.54 Å². The molecule has 6 heteroatoms. The Kier molecular flexibility index (Phi) is 4.22. The van der Waals surface area contributed by atoms with Crippen LogP contribution in [0.5, 0.6) is 5.75 Å². The van der Waals surface area contributed by atoms with E-state index >= 15 is 0 Å². The Bertz CT molecular complexity index is 379. The second kappa shape index (κ2) is 5.27. The number of halogens is 3. The van der Waals surface area contributed by atoms with E-state index in [1.54, 1.807) is 13.1 Å². The monoisotopic (exact) mass is 248 g/mol. The van der Waals surface area contributed by atoms with Gasteiger partial charge in [-0.05, 0) is 25.2 Å². The van der Waals surface area contributed by atoms with Gasteiger partial charge in [0.25, 0.3) is 0 Å². The number of nitrogens with zero attached hydrogens (tertiary/aromatic N) is 1. The molecule has 0 saturated carbocycles. The lowest BCUT2D eigenvalue weighted by molar-refractivity contribution is -0.137. The van der Waals surface area contributed by atoms with Crippen molar-refractivity contribution in [2.75, 3.05) is 19.3 Å². The third-order valence-corrected chi connectivity index (χ3v) is 2.32. The van der Waals surface area contributed by atoms with Gasteiger partial charge in [0, 0.05) is 24.3 Å². The van der Waals surface area contributed by atoms with Gasteiger partial charge < -0.3 is 15.7 Å². The molecule has 3 N–H and O–H groups in total. The predicted octanol–water partition coefficient (Wildman–Crippen LogP) is 2.36. The number of alkyl halides is 3. The molecule has 0 radical (unpaired) electrons. The molecular formula is C11H15F3N2O. The van der Waals surface area contributed by atoms with Gasteiger partial charge in [-0.1, -0.05) is 0 Å². The maximum absolute atomic E-state index is 12.0. The van der Waals surface area contributed by atoms with Crippen LogP contribution >= 0.6 is 0 Å². The van der Waals surface area contributed by atoms with E-state index in [0.29, 0.717) is 11.3 Å². The molecule has 0 amide bonds. The van der Waals surface area contributed by atoms with E-state index in [1.807, 2.05) is 0 Å². The van der Waals surface area contributed by atoms with Gasteiger partial charge in [-0.15, -0.1) is 0 Å². The Balaban J connectivity index is 2.56. The van der Waals surface area contributed by atoms with Gasteiger partial charge in [-0.2, -0.15) is 13.2 Å². The topological polar surface area (TPSA) is 49.5 Å². The summed E-state index contributed by atoms with van der Waals surface area (Å²) >= 11 is 0. The molecule has 3 nitrogen and oxygen atoms in total. The van der Waals surface area contributed by atoms with Crippen molar-refractivity contribution in [1.82, 2.24) is 4.90 Å². The smallest absolute Gasteiger partial charge is 0.390 e. The second-order valence-electron chi connectivity index (χ2n) is 3.99. The molecule has 0 heterocycles. The fraction of sp³-hybridized carbons (Fsp3) is 0.455. The lowest BCUT2D eigenvalue weighted by Crippen LogP contribution is -2.24. The van der Waals surface area contributed by atoms with Crippen molar-refractivity contribution in [3.8, 4) is 5.75 Å². The zero-order chi connectivity index (χ0) is 13.1. The van der Waals surface area contributed by atoms with Crippen molar-refractivity contribution in [2.24, 2.45) is 0 Å². The molecule has 0 aliphatic carbocycles. The number of rotatable bonds is 4. The van der Waals surface area contributed by atoms with Crippen LogP contribution in [0.15, 0.2) is 18.2 Å². The first kappa shape index (κ1) is 13.6. The summed E-state index contributed by atoms with van der Waals surface area (Å²) < 4.78 is 36.0. The van der Waals surface area contributed by atoms with Crippen molar-refractivity contribution < 1.29 is 18.3 Å². The number of benzene rings is 1. The molecular weight excluding hydrogens is 233 g/mol. The SMILES string of the molecule is CN(CCC(F)(F)F)Cc1cc(N)ccc1O. The number of hydrogen-bond acceptors (Lipinski definition) is 3. The van der Waals surface area contributed by atoms with Crippen LogP contribution in [0.25, 0.3) is 0 Å². The Hall–Kier alpha value is -1.43. The molecule has 1 aromatic rings. The van der Waals surface area contributed by atoms with Gasteiger partial charge in [0.15, 0.2) is 0 Å². The Morgan fingerprint density at radius 1 is 1.35 bits per heavy atom. The number of nitrogen functional groups attached to an aromatic ring is 1. The highest BCUT2D eigenvalue weighted by atomic mass is 19.4. The Morgan fingerprint density at radius 2 is 2.00 bits per heavy atom. The van der Waals surface area contributed by atoms with Gasteiger partial charge in [0.05, 0.1) is 6.42 Å². The van der Waals surface area contributed by atoms with Crippen molar-refractivity contribution in [2.45, 2.75) is 19.1 Å². The molecule has 0 aliphatic rings. The molecule has 0 spiro atoms. The maximum atomic E-state index is 12.0. The molecule has 1 rings (SSSR count). The summed E-state index contributed by atoms with van der Waals surface area (Å²) in [7, 11) is 1.56. The first-order valence-corrected chi connectivity index (χ1v) is 5.10. The normalized spacial score (nSPS) is 12.1. The summed E-state index contributed by atoms with van der Waals surface area (Å²) in [5, 5.41) is 9.51. The predicted molar refractivity (Wildman–Crippen MR) is 59.5 cm³/mol. The minimum Gasteiger partial charge on any atom is -0.508 e. The fourth-order valence-electron chi connectivity index (χ4n) is 1.42. The van der Waals surface area contributed by atoms with Crippen molar-refractivity contribution in [3.05, 3.63) is 23.8 Å². The van der Waals surface area contributed by atoms with Crippen LogP contribution in [-0.4, -0.2) is 29.8 Å². The Morgan fingerprint density at radius 3 is 2.59 bits per heavy atom. The number of hydrogen-bond donors (Lipinski definition) is 2. The van der Waals surface area contributed by atoms with Gasteiger partial charge in [-0.3, -0.25) is 0 Å². The highest BCUT2D eigenvalue weighted by molar-refractivity contribution is 5.47. The average molecular weight is 248 g/mol. The molecule has 0 aromatic heterocycles. The van der Waals surface area contributed by atoms with E-state index in [-0.39, 0.29) is 18.8 Å². The van der Waals surface area contributed by atoms with E-state index in [0.717, 1.165) is 0 Å². The molecule has 17 heavy (non-hydrogen) atoms.